The second-order valence-corrected chi connectivity index (χ2v) is 5.60. The summed E-state index contributed by atoms with van der Waals surface area (Å²) in [5.74, 6) is -0.122. The minimum Gasteiger partial charge on any atom is -0.393 e. The summed E-state index contributed by atoms with van der Waals surface area (Å²) in [7, 11) is -3.84. The van der Waals surface area contributed by atoms with Gasteiger partial charge < -0.3 is 15.9 Å². The van der Waals surface area contributed by atoms with Gasteiger partial charge in [0.1, 0.15) is 10.7 Å². The predicted molar refractivity (Wildman–Crippen MR) is 61.5 cm³/mol. The monoisotopic (exact) mass is 261 g/mol. The van der Waals surface area contributed by atoms with E-state index in [0.29, 0.717) is 0 Å². The zero-order valence-corrected chi connectivity index (χ0v) is 10.1. The number of nitrogen functional groups attached to an aromatic ring is 1. The van der Waals surface area contributed by atoms with E-state index < -0.39 is 22.2 Å². The Hall–Kier alpha value is -1.22. The van der Waals surface area contributed by atoms with Crippen LogP contribution in [0.15, 0.2) is 23.2 Å². The highest BCUT2D eigenvalue weighted by molar-refractivity contribution is 7.89. The summed E-state index contributed by atoms with van der Waals surface area (Å²) in [6.07, 6.45) is 1.37. The third-order valence-corrected chi connectivity index (χ3v) is 3.52. The maximum atomic E-state index is 11.8. The van der Waals surface area contributed by atoms with E-state index in [-0.39, 0.29) is 17.3 Å². The summed E-state index contributed by atoms with van der Waals surface area (Å²) in [6, 6.07) is 2.74. The number of hydrogen-bond donors (Lipinski definition) is 4. The lowest BCUT2D eigenvalue weighted by Gasteiger charge is -2.20. The normalized spacial score (nSPS) is 15.5. The van der Waals surface area contributed by atoms with Crippen molar-refractivity contribution in [2.75, 3.05) is 18.9 Å². The Labute approximate surface area is 99.3 Å². The molecule has 1 aromatic rings. The van der Waals surface area contributed by atoms with Gasteiger partial charge in [0.15, 0.2) is 0 Å². The van der Waals surface area contributed by atoms with Crippen molar-refractivity contribution in [1.29, 1.82) is 0 Å². The number of nitrogens with two attached hydrogens (primary N) is 1. The van der Waals surface area contributed by atoms with Crippen LogP contribution in [0.1, 0.15) is 6.92 Å². The third-order valence-electron chi connectivity index (χ3n) is 2.07. The number of hydrogen-bond acceptors (Lipinski definition) is 6. The van der Waals surface area contributed by atoms with Crippen molar-refractivity contribution in [3.8, 4) is 0 Å². The molecule has 96 valence electrons. The fourth-order valence-corrected chi connectivity index (χ4v) is 2.26. The highest BCUT2D eigenvalue weighted by atomic mass is 32.2. The van der Waals surface area contributed by atoms with Gasteiger partial charge in [0.25, 0.3) is 0 Å². The molecule has 7 nitrogen and oxygen atoms in total. The van der Waals surface area contributed by atoms with E-state index in [4.69, 9.17) is 10.8 Å². The summed E-state index contributed by atoms with van der Waals surface area (Å²) >= 11 is 0. The van der Waals surface area contributed by atoms with Crippen LogP contribution in [0.2, 0.25) is 0 Å². The van der Waals surface area contributed by atoms with E-state index in [9.17, 15) is 13.5 Å². The molecule has 0 spiro atoms. The molecule has 0 saturated heterocycles. The van der Waals surface area contributed by atoms with Crippen LogP contribution in [0.3, 0.4) is 0 Å². The van der Waals surface area contributed by atoms with Crippen LogP contribution in [0.5, 0.6) is 0 Å². The van der Waals surface area contributed by atoms with Gasteiger partial charge in [-0.15, -0.1) is 0 Å². The van der Waals surface area contributed by atoms with Crippen molar-refractivity contribution in [3.05, 3.63) is 18.3 Å². The predicted octanol–water partition coefficient (Wildman–Crippen LogP) is -1.31. The highest BCUT2D eigenvalue weighted by Gasteiger charge is 2.24. The van der Waals surface area contributed by atoms with Gasteiger partial charge in [-0.2, -0.15) is 0 Å². The van der Waals surface area contributed by atoms with Crippen molar-refractivity contribution in [2.45, 2.75) is 17.4 Å². The van der Waals surface area contributed by atoms with Crippen molar-refractivity contribution in [1.82, 2.24) is 9.71 Å². The lowest BCUT2D eigenvalue weighted by molar-refractivity contribution is 0.00681. The van der Waals surface area contributed by atoms with Gasteiger partial charge in [-0.05, 0) is 19.1 Å². The van der Waals surface area contributed by atoms with Crippen molar-refractivity contribution < 1.29 is 18.6 Å². The number of pyridine rings is 1. The average molecular weight is 261 g/mol. The SMILES string of the molecule is CC(O)(CO)CNS(=O)(=O)c1cccnc1N. The molecule has 0 amide bonds. The first-order valence-electron chi connectivity index (χ1n) is 4.82. The molecule has 17 heavy (non-hydrogen) atoms. The molecule has 0 bridgehead atoms. The van der Waals surface area contributed by atoms with E-state index in [0.717, 1.165) is 0 Å². The topological polar surface area (TPSA) is 126 Å². The van der Waals surface area contributed by atoms with Crippen molar-refractivity contribution in [3.63, 3.8) is 0 Å². The molecule has 1 unspecified atom stereocenters. The van der Waals surface area contributed by atoms with E-state index in [1.165, 1.54) is 25.3 Å². The first-order valence-corrected chi connectivity index (χ1v) is 6.30. The number of aliphatic hydroxyl groups excluding tert-OH is 1. The van der Waals surface area contributed by atoms with Gasteiger partial charge in [-0.25, -0.2) is 18.1 Å². The number of sulfonamides is 1. The molecule has 5 N–H and O–H groups in total. The molecule has 0 aliphatic heterocycles. The Kier molecular flexibility index (Phi) is 4.04. The van der Waals surface area contributed by atoms with Crippen LogP contribution in [0, 0.1) is 0 Å². The number of aromatic nitrogens is 1. The van der Waals surface area contributed by atoms with Crippen LogP contribution in [-0.2, 0) is 10.0 Å². The van der Waals surface area contributed by atoms with Gasteiger partial charge in [0.2, 0.25) is 10.0 Å². The molecule has 1 heterocycles. The number of nitrogens with zero attached hydrogens (tertiary/aromatic N) is 1. The van der Waals surface area contributed by atoms with E-state index >= 15 is 0 Å². The third kappa shape index (κ3) is 3.63. The fourth-order valence-electron chi connectivity index (χ4n) is 1.01. The molecule has 8 heteroatoms. The van der Waals surface area contributed by atoms with Gasteiger partial charge in [-0.3, -0.25) is 0 Å². The maximum absolute atomic E-state index is 11.8. The molecule has 0 fully saturated rings. The van der Waals surface area contributed by atoms with Gasteiger partial charge >= 0.3 is 0 Å². The molecule has 0 aliphatic carbocycles. The number of rotatable bonds is 5. The lowest BCUT2D eigenvalue weighted by Crippen LogP contribution is -2.43. The maximum Gasteiger partial charge on any atom is 0.244 e. The second kappa shape index (κ2) is 4.96. The molecule has 0 saturated carbocycles. The molecule has 0 aliphatic rings. The summed E-state index contributed by atoms with van der Waals surface area (Å²) in [4.78, 5) is 3.50. The Balaban J connectivity index is 2.88. The van der Waals surface area contributed by atoms with E-state index in [2.05, 4.69) is 9.71 Å². The molecular weight excluding hydrogens is 246 g/mol. The Morgan fingerprint density at radius 2 is 2.24 bits per heavy atom. The smallest absolute Gasteiger partial charge is 0.244 e. The molecule has 1 aromatic heterocycles. The van der Waals surface area contributed by atoms with Crippen LogP contribution in [0.4, 0.5) is 5.82 Å². The minimum atomic E-state index is -3.84. The molecular formula is C9H15N3O4S. The summed E-state index contributed by atoms with van der Waals surface area (Å²) in [5, 5.41) is 18.3. The van der Waals surface area contributed by atoms with Gasteiger partial charge in [-0.1, -0.05) is 0 Å². The summed E-state index contributed by atoms with van der Waals surface area (Å²) < 4.78 is 25.7. The highest BCUT2D eigenvalue weighted by Crippen LogP contribution is 2.14. The van der Waals surface area contributed by atoms with Gasteiger partial charge in [0, 0.05) is 12.7 Å². The average Bonchev–Trinajstić information content (AvgIpc) is 2.27. The van der Waals surface area contributed by atoms with E-state index in [1.54, 1.807) is 0 Å². The minimum absolute atomic E-state index is 0.122. The van der Waals surface area contributed by atoms with Crippen molar-refractivity contribution in [2.24, 2.45) is 0 Å². The van der Waals surface area contributed by atoms with Crippen molar-refractivity contribution >= 4 is 15.8 Å². The zero-order valence-electron chi connectivity index (χ0n) is 9.29. The fraction of sp³-hybridized carbons (Fsp3) is 0.444. The first-order chi connectivity index (χ1) is 7.78. The molecule has 0 aromatic carbocycles. The summed E-state index contributed by atoms with van der Waals surface area (Å²) in [6.45, 7) is 0.431. The Morgan fingerprint density at radius 3 is 2.76 bits per heavy atom. The number of nitrogens with one attached hydrogen (secondary N) is 1. The second-order valence-electron chi connectivity index (χ2n) is 3.87. The number of anilines is 1. The van der Waals surface area contributed by atoms with Gasteiger partial charge in [0.05, 0.1) is 12.2 Å². The zero-order chi connectivity index (χ0) is 13.1. The number of aliphatic hydroxyl groups is 2. The van der Waals surface area contributed by atoms with Crippen LogP contribution in [0.25, 0.3) is 0 Å². The first kappa shape index (κ1) is 13.8. The largest absolute Gasteiger partial charge is 0.393 e. The Bertz CT molecular complexity index is 487. The standard InChI is InChI=1S/C9H15N3O4S/c1-9(14,6-13)5-12-17(15,16)7-3-2-4-11-8(7)10/h2-4,12-14H,5-6H2,1H3,(H2,10,11). The Morgan fingerprint density at radius 1 is 1.59 bits per heavy atom. The molecule has 1 rings (SSSR count). The molecule has 1 atom stereocenters. The summed E-state index contributed by atoms with van der Waals surface area (Å²) in [5.41, 5.74) is 3.91. The van der Waals surface area contributed by atoms with Crippen LogP contribution < -0.4 is 10.5 Å². The lowest BCUT2D eigenvalue weighted by atomic mass is 10.1. The van der Waals surface area contributed by atoms with E-state index in [1.807, 2.05) is 0 Å². The molecule has 0 radical (unpaired) electrons. The van der Waals surface area contributed by atoms with Crippen LogP contribution >= 0.6 is 0 Å². The quantitative estimate of drug-likeness (QED) is 0.521. The van der Waals surface area contributed by atoms with Crippen LogP contribution in [-0.4, -0.2) is 42.4 Å².